The molecule has 1 aliphatic rings. The van der Waals surface area contributed by atoms with Gasteiger partial charge in [0.1, 0.15) is 5.75 Å². The molecule has 0 unspecified atom stereocenters. The molecule has 0 N–H and O–H groups in total. The van der Waals surface area contributed by atoms with E-state index in [4.69, 9.17) is 19.2 Å². The standard InChI is InChI=1S/C36H38N2O6S/c1-6-11-28-32(35(41)43-8-3)33(25-16-14-23(15-17-25)22(4)5)38-34(40)30(45-36(38)37-28)20-27-26-13-10-9-12-24(26)18-19-29(27)44-21-31(39)42-7-2/h9-10,12-20,22,33H,6-8,11,21H2,1-5H3/b30-20-/t33-/m0/s1. The Hall–Kier alpha value is -4.50. The third-order valence-corrected chi connectivity index (χ3v) is 8.65. The average molecular weight is 627 g/mol. The Morgan fingerprint density at radius 2 is 1.71 bits per heavy atom. The molecule has 0 spiro atoms. The van der Waals surface area contributed by atoms with E-state index in [0.717, 1.165) is 28.3 Å². The summed E-state index contributed by atoms with van der Waals surface area (Å²) in [4.78, 5) is 45.4. The van der Waals surface area contributed by atoms with E-state index in [1.165, 1.54) is 11.3 Å². The first kappa shape index (κ1) is 31.9. The highest BCUT2D eigenvalue weighted by atomic mass is 32.1. The van der Waals surface area contributed by atoms with Gasteiger partial charge in [-0.05, 0) is 60.2 Å². The van der Waals surface area contributed by atoms with Crippen molar-refractivity contribution in [1.29, 1.82) is 0 Å². The molecule has 0 fully saturated rings. The van der Waals surface area contributed by atoms with Crippen molar-refractivity contribution in [3.05, 3.63) is 108 Å². The fourth-order valence-corrected chi connectivity index (χ4v) is 6.52. The molecule has 234 valence electrons. The van der Waals surface area contributed by atoms with E-state index in [1.54, 1.807) is 30.6 Å². The lowest BCUT2D eigenvalue weighted by molar-refractivity contribution is -0.145. The highest BCUT2D eigenvalue weighted by molar-refractivity contribution is 7.07. The number of thiazole rings is 1. The summed E-state index contributed by atoms with van der Waals surface area (Å²) < 4.78 is 18.5. The number of allylic oxidation sites excluding steroid dienone is 1. The zero-order chi connectivity index (χ0) is 32.1. The SMILES string of the molecule is CCCC1=C(C(=O)OCC)[C@H](c2ccc(C(C)C)cc2)n2c(s/c(=C\c3c(OCC(=O)OCC)ccc4ccccc34)c2=O)=N1. The van der Waals surface area contributed by atoms with Gasteiger partial charge in [-0.3, -0.25) is 9.36 Å². The van der Waals surface area contributed by atoms with Crippen molar-refractivity contribution in [2.24, 2.45) is 4.99 Å². The van der Waals surface area contributed by atoms with E-state index < -0.39 is 18.0 Å². The number of hydrogen-bond donors (Lipinski definition) is 0. The van der Waals surface area contributed by atoms with E-state index in [2.05, 4.69) is 13.8 Å². The van der Waals surface area contributed by atoms with Gasteiger partial charge in [0.25, 0.3) is 5.56 Å². The predicted octanol–water partition coefficient (Wildman–Crippen LogP) is 5.80. The van der Waals surface area contributed by atoms with E-state index in [1.807, 2.05) is 61.5 Å². The number of carbonyl (C=O) groups is 2. The smallest absolute Gasteiger partial charge is 0.344 e. The minimum absolute atomic E-state index is 0.209. The number of ether oxygens (including phenoxy) is 3. The summed E-state index contributed by atoms with van der Waals surface area (Å²) >= 11 is 1.26. The summed E-state index contributed by atoms with van der Waals surface area (Å²) in [5.41, 5.74) is 3.37. The largest absolute Gasteiger partial charge is 0.481 e. The molecular formula is C36H38N2O6S. The second-order valence-electron chi connectivity index (χ2n) is 11.0. The molecule has 5 rings (SSSR count). The van der Waals surface area contributed by atoms with Crippen molar-refractivity contribution >= 4 is 40.1 Å². The van der Waals surface area contributed by atoms with Gasteiger partial charge in [0, 0.05) is 5.56 Å². The molecular weight excluding hydrogens is 588 g/mol. The van der Waals surface area contributed by atoms with Gasteiger partial charge in [0.15, 0.2) is 11.4 Å². The van der Waals surface area contributed by atoms with Crippen LogP contribution >= 0.6 is 11.3 Å². The molecule has 2 heterocycles. The van der Waals surface area contributed by atoms with Crippen LogP contribution in [-0.2, 0) is 19.1 Å². The van der Waals surface area contributed by atoms with E-state index >= 15 is 0 Å². The molecule has 0 saturated carbocycles. The summed E-state index contributed by atoms with van der Waals surface area (Å²) in [7, 11) is 0. The summed E-state index contributed by atoms with van der Waals surface area (Å²) in [6, 6.07) is 18.9. The molecule has 45 heavy (non-hydrogen) atoms. The zero-order valence-corrected chi connectivity index (χ0v) is 27.1. The van der Waals surface area contributed by atoms with Crippen LogP contribution < -0.4 is 19.6 Å². The molecule has 0 amide bonds. The highest BCUT2D eigenvalue weighted by Gasteiger charge is 2.34. The Balaban J connectivity index is 1.74. The number of esters is 2. The third-order valence-electron chi connectivity index (χ3n) is 7.67. The number of fused-ring (bicyclic) bond motifs is 2. The fourth-order valence-electron chi connectivity index (χ4n) is 5.52. The number of benzene rings is 3. The molecule has 3 aromatic carbocycles. The molecule has 1 atom stereocenters. The summed E-state index contributed by atoms with van der Waals surface area (Å²) in [6.45, 7) is 9.99. The normalized spacial score (nSPS) is 14.8. The number of aromatic nitrogens is 1. The second kappa shape index (κ2) is 14.1. The Kier molecular flexibility index (Phi) is 9.98. The topological polar surface area (TPSA) is 96.2 Å². The minimum Gasteiger partial charge on any atom is -0.481 e. The summed E-state index contributed by atoms with van der Waals surface area (Å²) in [5.74, 6) is -0.167. The molecule has 0 bridgehead atoms. The Morgan fingerprint density at radius 1 is 0.978 bits per heavy atom. The van der Waals surface area contributed by atoms with Crippen molar-refractivity contribution in [3.8, 4) is 5.75 Å². The number of nitrogens with zero attached hydrogens (tertiary/aromatic N) is 2. The molecule has 0 saturated heterocycles. The van der Waals surface area contributed by atoms with E-state index in [-0.39, 0.29) is 25.4 Å². The van der Waals surface area contributed by atoms with Crippen LogP contribution in [0, 0.1) is 0 Å². The first-order valence-electron chi connectivity index (χ1n) is 15.4. The molecule has 1 aromatic heterocycles. The lowest BCUT2D eigenvalue weighted by Gasteiger charge is -2.26. The van der Waals surface area contributed by atoms with Gasteiger partial charge in [-0.15, -0.1) is 0 Å². The number of carbonyl (C=O) groups excluding carboxylic acids is 2. The van der Waals surface area contributed by atoms with Crippen LogP contribution in [0.25, 0.3) is 16.8 Å². The molecule has 0 aliphatic carbocycles. The fraction of sp³-hybridized carbons (Fsp3) is 0.333. The van der Waals surface area contributed by atoms with E-state index in [9.17, 15) is 14.4 Å². The molecule has 8 nitrogen and oxygen atoms in total. The van der Waals surface area contributed by atoms with Crippen LogP contribution in [0.5, 0.6) is 5.75 Å². The van der Waals surface area contributed by atoms with Crippen LogP contribution in [0.2, 0.25) is 0 Å². The van der Waals surface area contributed by atoms with Crippen molar-refractivity contribution < 1.29 is 23.8 Å². The van der Waals surface area contributed by atoms with Crippen molar-refractivity contribution in [1.82, 2.24) is 4.57 Å². The molecule has 1 aliphatic heterocycles. The van der Waals surface area contributed by atoms with E-state index in [0.29, 0.717) is 44.3 Å². The third kappa shape index (κ3) is 6.63. The van der Waals surface area contributed by atoms with Crippen LogP contribution in [0.1, 0.15) is 76.1 Å². The van der Waals surface area contributed by atoms with Gasteiger partial charge in [-0.2, -0.15) is 0 Å². The zero-order valence-electron chi connectivity index (χ0n) is 26.3. The van der Waals surface area contributed by atoms with Gasteiger partial charge >= 0.3 is 11.9 Å². The quantitative estimate of drug-likeness (QED) is 0.196. The van der Waals surface area contributed by atoms with Crippen LogP contribution in [0.15, 0.2) is 81.7 Å². The Morgan fingerprint density at radius 3 is 2.40 bits per heavy atom. The van der Waals surface area contributed by atoms with Gasteiger partial charge in [-0.25, -0.2) is 14.6 Å². The van der Waals surface area contributed by atoms with Gasteiger partial charge < -0.3 is 14.2 Å². The molecule has 4 aromatic rings. The van der Waals surface area contributed by atoms with Gasteiger partial charge in [0.2, 0.25) is 0 Å². The maximum atomic E-state index is 14.4. The predicted molar refractivity (Wildman–Crippen MR) is 176 cm³/mol. The van der Waals surface area contributed by atoms with Crippen LogP contribution in [0.3, 0.4) is 0 Å². The number of hydrogen-bond acceptors (Lipinski definition) is 8. The maximum Gasteiger partial charge on any atom is 0.344 e. The number of rotatable bonds is 11. The van der Waals surface area contributed by atoms with Gasteiger partial charge in [0.05, 0.1) is 35.1 Å². The molecule has 9 heteroatoms. The first-order valence-corrected chi connectivity index (χ1v) is 16.2. The van der Waals surface area contributed by atoms with Crippen molar-refractivity contribution in [2.45, 2.75) is 59.4 Å². The summed E-state index contributed by atoms with van der Waals surface area (Å²) in [5, 5.41) is 1.82. The average Bonchev–Trinajstić information content (AvgIpc) is 3.34. The highest BCUT2D eigenvalue weighted by Crippen LogP contribution is 2.34. The molecule has 0 radical (unpaired) electrons. The van der Waals surface area contributed by atoms with Gasteiger partial charge in [-0.1, -0.05) is 93.1 Å². The van der Waals surface area contributed by atoms with Crippen molar-refractivity contribution in [3.63, 3.8) is 0 Å². The first-order chi connectivity index (χ1) is 21.8. The lowest BCUT2D eigenvalue weighted by Crippen LogP contribution is -2.40. The lowest BCUT2D eigenvalue weighted by atomic mass is 9.92. The summed E-state index contributed by atoms with van der Waals surface area (Å²) in [6.07, 6.45) is 3.13. The maximum absolute atomic E-state index is 14.4. The Labute approximate surface area is 266 Å². The van der Waals surface area contributed by atoms with Crippen LogP contribution in [0.4, 0.5) is 0 Å². The van der Waals surface area contributed by atoms with Crippen LogP contribution in [-0.4, -0.2) is 36.3 Å². The minimum atomic E-state index is -0.697. The monoisotopic (exact) mass is 626 g/mol. The van der Waals surface area contributed by atoms with Crippen molar-refractivity contribution in [2.75, 3.05) is 19.8 Å². The Bertz CT molecular complexity index is 1930. The second-order valence-corrected chi connectivity index (χ2v) is 12.0.